The van der Waals surface area contributed by atoms with Crippen LogP contribution in [0.15, 0.2) is 54.6 Å². The van der Waals surface area contributed by atoms with E-state index in [0.29, 0.717) is 18.0 Å². The molecule has 4 heteroatoms. The van der Waals surface area contributed by atoms with E-state index in [2.05, 4.69) is 30.5 Å². The van der Waals surface area contributed by atoms with Crippen LogP contribution in [-0.2, 0) is 11.3 Å². The molecule has 0 radical (unpaired) electrons. The van der Waals surface area contributed by atoms with E-state index in [1.807, 2.05) is 24.3 Å². The highest BCUT2D eigenvalue weighted by Crippen LogP contribution is 2.18. The van der Waals surface area contributed by atoms with Crippen LogP contribution in [0.2, 0.25) is 0 Å². The first-order valence-corrected chi connectivity index (χ1v) is 7.75. The van der Waals surface area contributed by atoms with Crippen LogP contribution in [0.1, 0.15) is 41.3 Å². The van der Waals surface area contributed by atoms with Crippen molar-refractivity contribution < 1.29 is 9.59 Å². The SMILES string of the molecule is CC(C)c1ccccc1CNC(=O)CNC(=O)c1ccccc1. The van der Waals surface area contributed by atoms with E-state index in [9.17, 15) is 9.59 Å². The molecule has 23 heavy (non-hydrogen) atoms. The fraction of sp³-hybridized carbons (Fsp3) is 0.263. The van der Waals surface area contributed by atoms with Gasteiger partial charge in [0.2, 0.25) is 5.91 Å². The number of rotatable bonds is 6. The number of benzene rings is 2. The zero-order valence-electron chi connectivity index (χ0n) is 13.5. The van der Waals surface area contributed by atoms with Gasteiger partial charge in [-0.2, -0.15) is 0 Å². The summed E-state index contributed by atoms with van der Waals surface area (Å²) in [7, 11) is 0. The zero-order valence-corrected chi connectivity index (χ0v) is 13.5. The molecule has 2 amide bonds. The second-order valence-corrected chi connectivity index (χ2v) is 5.68. The highest BCUT2D eigenvalue weighted by atomic mass is 16.2. The molecule has 0 aliphatic carbocycles. The van der Waals surface area contributed by atoms with Crippen LogP contribution in [0.25, 0.3) is 0 Å². The molecule has 0 spiro atoms. The van der Waals surface area contributed by atoms with Crippen LogP contribution < -0.4 is 10.6 Å². The first kappa shape index (κ1) is 16.7. The van der Waals surface area contributed by atoms with E-state index in [-0.39, 0.29) is 18.4 Å². The van der Waals surface area contributed by atoms with Crippen molar-refractivity contribution in [2.24, 2.45) is 0 Å². The lowest BCUT2D eigenvalue weighted by Gasteiger charge is -2.13. The Hall–Kier alpha value is -2.62. The monoisotopic (exact) mass is 310 g/mol. The smallest absolute Gasteiger partial charge is 0.251 e. The Morgan fingerprint density at radius 3 is 2.26 bits per heavy atom. The maximum atomic E-state index is 11.9. The van der Waals surface area contributed by atoms with Crippen molar-refractivity contribution >= 4 is 11.8 Å². The molecule has 0 aromatic heterocycles. The van der Waals surface area contributed by atoms with Gasteiger partial charge in [-0.05, 0) is 29.2 Å². The lowest BCUT2D eigenvalue weighted by Crippen LogP contribution is -2.36. The molecule has 0 unspecified atom stereocenters. The van der Waals surface area contributed by atoms with Gasteiger partial charge in [0.05, 0.1) is 6.54 Å². The number of carbonyl (C=O) groups is 2. The predicted molar refractivity (Wildman–Crippen MR) is 91.2 cm³/mol. The summed E-state index contributed by atoms with van der Waals surface area (Å²) < 4.78 is 0. The third-order valence-electron chi connectivity index (χ3n) is 3.60. The maximum Gasteiger partial charge on any atom is 0.251 e. The third kappa shape index (κ3) is 4.95. The molecule has 120 valence electrons. The summed E-state index contributed by atoms with van der Waals surface area (Å²) in [6, 6.07) is 16.9. The molecule has 2 aromatic rings. The van der Waals surface area contributed by atoms with E-state index in [4.69, 9.17) is 0 Å². The van der Waals surface area contributed by atoms with Gasteiger partial charge in [-0.3, -0.25) is 9.59 Å². The molecule has 4 nitrogen and oxygen atoms in total. The van der Waals surface area contributed by atoms with Gasteiger partial charge in [0, 0.05) is 12.1 Å². The van der Waals surface area contributed by atoms with E-state index >= 15 is 0 Å². The van der Waals surface area contributed by atoms with Gasteiger partial charge in [-0.1, -0.05) is 56.3 Å². The Kier molecular flexibility index (Phi) is 5.92. The summed E-state index contributed by atoms with van der Waals surface area (Å²) in [6.07, 6.45) is 0. The minimum Gasteiger partial charge on any atom is -0.350 e. The number of hydrogen-bond donors (Lipinski definition) is 2. The van der Waals surface area contributed by atoms with E-state index in [1.54, 1.807) is 24.3 Å². The average Bonchev–Trinajstić information content (AvgIpc) is 2.58. The van der Waals surface area contributed by atoms with Crippen molar-refractivity contribution in [1.29, 1.82) is 0 Å². The highest BCUT2D eigenvalue weighted by Gasteiger charge is 2.09. The largest absolute Gasteiger partial charge is 0.350 e. The van der Waals surface area contributed by atoms with Crippen molar-refractivity contribution in [3.05, 3.63) is 71.3 Å². The molecule has 0 saturated heterocycles. The number of nitrogens with one attached hydrogen (secondary N) is 2. The van der Waals surface area contributed by atoms with Gasteiger partial charge in [0.25, 0.3) is 5.91 Å². The Labute approximate surface area is 136 Å². The Bertz CT molecular complexity index is 666. The van der Waals surface area contributed by atoms with Crippen molar-refractivity contribution in [3.8, 4) is 0 Å². The molecular weight excluding hydrogens is 288 g/mol. The standard InChI is InChI=1S/C19H22N2O2/c1-14(2)17-11-7-6-10-16(17)12-20-18(22)13-21-19(23)15-8-4-3-5-9-15/h3-11,14H,12-13H2,1-2H3,(H,20,22)(H,21,23). The fourth-order valence-electron chi connectivity index (χ4n) is 2.37. The lowest BCUT2D eigenvalue weighted by atomic mass is 9.97. The number of amides is 2. The minimum atomic E-state index is -0.247. The average molecular weight is 310 g/mol. The second kappa shape index (κ2) is 8.13. The fourth-order valence-corrected chi connectivity index (χ4v) is 2.37. The van der Waals surface area contributed by atoms with Crippen LogP contribution >= 0.6 is 0 Å². The van der Waals surface area contributed by atoms with Gasteiger partial charge in [-0.25, -0.2) is 0 Å². The number of hydrogen-bond acceptors (Lipinski definition) is 2. The van der Waals surface area contributed by atoms with Crippen LogP contribution in [0, 0.1) is 0 Å². The molecule has 0 atom stereocenters. The van der Waals surface area contributed by atoms with E-state index in [1.165, 1.54) is 5.56 Å². The Balaban J connectivity index is 1.83. The van der Waals surface area contributed by atoms with Crippen molar-refractivity contribution in [1.82, 2.24) is 10.6 Å². The lowest BCUT2D eigenvalue weighted by molar-refractivity contribution is -0.120. The molecule has 2 rings (SSSR count). The number of carbonyl (C=O) groups excluding carboxylic acids is 2. The van der Waals surface area contributed by atoms with Gasteiger partial charge in [0.1, 0.15) is 0 Å². The third-order valence-corrected chi connectivity index (χ3v) is 3.60. The molecular formula is C19H22N2O2. The molecule has 2 N–H and O–H groups in total. The predicted octanol–water partition coefficient (Wildman–Crippen LogP) is 2.86. The minimum absolute atomic E-state index is 0.0302. The summed E-state index contributed by atoms with van der Waals surface area (Å²) in [5.74, 6) is -0.0444. The Morgan fingerprint density at radius 1 is 0.913 bits per heavy atom. The molecule has 0 bridgehead atoms. The van der Waals surface area contributed by atoms with Crippen LogP contribution in [0.4, 0.5) is 0 Å². The highest BCUT2D eigenvalue weighted by molar-refractivity contribution is 5.96. The van der Waals surface area contributed by atoms with Crippen molar-refractivity contribution in [2.45, 2.75) is 26.3 Å². The topological polar surface area (TPSA) is 58.2 Å². The molecule has 0 aliphatic heterocycles. The Morgan fingerprint density at radius 2 is 1.57 bits per heavy atom. The molecule has 0 saturated carbocycles. The first-order valence-electron chi connectivity index (χ1n) is 7.75. The molecule has 0 heterocycles. The summed E-state index contributed by atoms with van der Waals surface area (Å²) in [6.45, 7) is 4.69. The van der Waals surface area contributed by atoms with Crippen LogP contribution in [0.3, 0.4) is 0 Å². The van der Waals surface area contributed by atoms with Gasteiger partial charge >= 0.3 is 0 Å². The summed E-state index contributed by atoms with van der Waals surface area (Å²) in [4.78, 5) is 23.8. The second-order valence-electron chi connectivity index (χ2n) is 5.68. The summed E-state index contributed by atoms with van der Waals surface area (Å²) in [5, 5.41) is 5.47. The van der Waals surface area contributed by atoms with Gasteiger partial charge in [-0.15, -0.1) is 0 Å². The summed E-state index contributed by atoms with van der Waals surface area (Å²) >= 11 is 0. The normalized spacial score (nSPS) is 10.4. The van der Waals surface area contributed by atoms with Crippen LogP contribution in [0.5, 0.6) is 0 Å². The molecule has 2 aromatic carbocycles. The van der Waals surface area contributed by atoms with E-state index < -0.39 is 0 Å². The summed E-state index contributed by atoms with van der Waals surface area (Å²) in [5.41, 5.74) is 2.87. The van der Waals surface area contributed by atoms with Crippen molar-refractivity contribution in [2.75, 3.05) is 6.54 Å². The van der Waals surface area contributed by atoms with Crippen molar-refractivity contribution in [3.63, 3.8) is 0 Å². The first-order chi connectivity index (χ1) is 11.1. The van der Waals surface area contributed by atoms with E-state index in [0.717, 1.165) is 5.56 Å². The maximum absolute atomic E-state index is 11.9. The van der Waals surface area contributed by atoms with Crippen LogP contribution in [-0.4, -0.2) is 18.4 Å². The van der Waals surface area contributed by atoms with Gasteiger partial charge in [0.15, 0.2) is 0 Å². The zero-order chi connectivity index (χ0) is 16.7. The quantitative estimate of drug-likeness (QED) is 0.862. The molecule has 0 fully saturated rings. The molecule has 0 aliphatic rings. The van der Waals surface area contributed by atoms with Gasteiger partial charge < -0.3 is 10.6 Å².